The molecule has 3 heteroatoms. The van der Waals surface area contributed by atoms with Crippen molar-refractivity contribution in [2.24, 2.45) is 0 Å². The Morgan fingerprint density at radius 3 is 2.39 bits per heavy atom. The molecule has 0 aliphatic rings. The van der Waals surface area contributed by atoms with Gasteiger partial charge in [0.25, 0.3) is 0 Å². The lowest BCUT2D eigenvalue weighted by Crippen LogP contribution is -2.30. The first kappa shape index (κ1) is 14.7. The van der Waals surface area contributed by atoms with Crippen LogP contribution in [0.3, 0.4) is 0 Å². The van der Waals surface area contributed by atoms with Gasteiger partial charge in [0.2, 0.25) is 5.91 Å². The van der Waals surface area contributed by atoms with E-state index < -0.39 is 0 Å². The van der Waals surface area contributed by atoms with Gasteiger partial charge < -0.3 is 10.2 Å². The van der Waals surface area contributed by atoms with Gasteiger partial charge in [-0.05, 0) is 39.5 Å². The summed E-state index contributed by atoms with van der Waals surface area (Å²) < 4.78 is 0. The molecule has 0 aliphatic heterocycles. The van der Waals surface area contributed by atoms with Gasteiger partial charge in [0.05, 0.1) is 6.04 Å². The van der Waals surface area contributed by atoms with Crippen LogP contribution in [0.15, 0.2) is 24.3 Å². The predicted octanol–water partition coefficient (Wildman–Crippen LogP) is 2.51. The van der Waals surface area contributed by atoms with Crippen molar-refractivity contribution in [3.63, 3.8) is 0 Å². The molecule has 0 aromatic heterocycles. The molecular formula is C15H24N2O. The summed E-state index contributed by atoms with van der Waals surface area (Å²) >= 11 is 0. The quantitative estimate of drug-likeness (QED) is 0.839. The lowest BCUT2D eigenvalue weighted by Gasteiger charge is -2.21. The van der Waals surface area contributed by atoms with Crippen LogP contribution in [0, 0.1) is 6.92 Å². The number of amides is 1. The van der Waals surface area contributed by atoms with Crippen molar-refractivity contribution in [2.45, 2.75) is 32.7 Å². The molecule has 1 aromatic carbocycles. The summed E-state index contributed by atoms with van der Waals surface area (Å²) in [4.78, 5) is 13.7. The van der Waals surface area contributed by atoms with E-state index in [0.29, 0.717) is 6.42 Å². The van der Waals surface area contributed by atoms with Gasteiger partial charge in [-0.2, -0.15) is 0 Å². The Hall–Kier alpha value is -1.35. The maximum atomic E-state index is 11.6. The third kappa shape index (κ3) is 4.88. The number of rotatable bonds is 6. The van der Waals surface area contributed by atoms with E-state index in [2.05, 4.69) is 41.4 Å². The largest absolute Gasteiger partial charge is 0.349 e. The fourth-order valence-electron chi connectivity index (χ4n) is 1.80. The average Bonchev–Trinajstić information content (AvgIpc) is 2.35. The van der Waals surface area contributed by atoms with Gasteiger partial charge in [-0.1, -0.05) is 36.8 Å². The second-order valence-corrected chi connectivity index (χ2v) is 4.98. The summed E-state index contributed by atoms with van der Waals surface area (Å²) in [5.74, 6) is 0.110. The van der Waals surface area contributed by atoms with Crippen molar-refractivity contribution in [3.05, 3.63) is 35.4 Å². The monoisotopic (exact) mass is 248 g/mol. The summed E-state index contributed by atoms with van der Waals surface area (Å²) in [7, 11) is 4.10. The third-order valence-electron chi connectivity index (χ3n) is 3.00. The molecule has 0 aliphatic carbocycles. The van der Waals surface area contributed by atoms with E-state index >= 15 is 0 Å². The Morgan fingerprint density at radius 2 is 1.89 bits per heavy atom. The SMILES string of the molecule is CCC(=O)NC(CCN(C)C)c1ccc(C)cc1. The number of carbonyl (C=O) groups is 1. The molecule has 0 fully saturated rings. The highest BCUT2D eigenvalue weighted by molar-refractivity contribution is 5.76. The fraction of sp³-hybridized carbons (Fsp3) is 0.533. The number of hydrogen-bond acceptors (Lipinski definition) is 2. The second-order valence-electron chi connectivity index (χ2n) is 4.98. The smallest absolute Gasteiger partial charge is 0.220 e. The highest BCUT2D eigenvalue weighted by Crippen LogP contribution is 2.18. The van der Waals surface area contributed by atoms with Crippen molar-refractivity contribution < 1.29 is 4.79 Å². The van der Waals surface area contributed by atoms with Gasteiger partial charge in [0.1, 0.15) is 0 Å². The fourth-order valence-corrected chi connectivity index (χ4v) is 1.80. The van der Waals surface area contributed by atoms with Crippen LogP contribution in [0.5, 0.6) is 0 Å². The number of benzene rings is 1. The zero-order chi connectivity index (χ0) is 13.5. The zero-order valence-electron chi connectivity index (χ0n) is 11.9. The van der Waals surface area contributed by atoms with E-state index in [1.54, 1.807) is 0 Å². The molecule has 1 aromatic rings. The van der Waals surface area contributed by atoms with Gasteiger partial charge in [0, 0.05) is 6.42 Å². The van der Waals surface area contributed by atoms with Crippen LogP contribution >= 0.6 is 0 Å². The number of carbonyl (C=O) groups excluding carboxylic acids is 1. The number of aryl methyl sites for hydroxylation is 1. The zero-order valence-corrected chi connectivity index (χ0v) is 11.9. The van der Waals surface area contributed by atoms with Gasteiger partial charge in [-0.3, -0.25) is 4.79 Å². The Labute approximate surface area is 110 Å². The molecule has 1 unspecified atom stereocenters. The molecule has 3 nitrogen and oxygen atoms in total. The van der Waals surface area contributed by atoms with Gasteiger partial charge >= 0.3 is 0 Å². The second kappa shape index (κ2) is 7.17. The average molecular weight is 248 g/mol. The van der Waals surface area contributed by atoms with E-state index in [1.807, 2.05) is 21.0 Å². The van der Waals surface area contributed by atoms with Crippen LogP contribution in [0.2, 0.25) is 0 Å². The number of hydrogen-bond donors (Lipinski definition) is 1. The Morgan fingerprint density at radius 1 is 1.28 bits per heavy atom. The van der Waals surface area contributed by atoms with Gasteiger partial charge in [-0.25, -0.2) is 0 Å². The summed E-state index contributed by atoms with van der Waals surface area (Å²) in [5, 5.41) is 3.09. The lowest BCUT2D eigenvalue weighted by molar-refractivity contribution is -0.121. The molecule has 1 N–H and O–H groups in total. The first-order valence-corrected chi connectivity index (χ1v) is 6.53. The predicted molar refractivity (Wildman–Crippen MR) is 75.5 cm³/mol. The van der Waals surface area contributed by atoms with Crippen LogP contribution in [0.1, 0.15) is 36.9 Å². The van der Waals surface area contributed by atoms with Crippen molar-refractivity contribution in [2.75, 3.05) is 20.6 Å². The van der Waals surface area contributed by atoms with Crippen LogP contribution in [0.4, 0.5) is 0 Å². The maximum Gasteiger partial charge on any atom is 0.220 e. The van der Waals surface area contributed by atoms with E-state index in [4.69, 9.17) is 0 Å². The van der Waals surface area contributed by atoms with Gasteiger partial charge in [-0.15, -0.1) is 0 Å². The molecule has 0 spiro atoms. The lowest BCUT2D eigenvalue weighted by atomic mass is 10.0. The summed E-state index contributed by atoms with van der Waals surface area (Å²) in [5.41, 5.74) is 2.43. The third-order valence-corrected chi connectivity index (χ3v) is 3.00. The molecule has 0 bridgehead atoms. The molecule has 0 radical (unpaired) electrons. The molecule has 0 saturated carbocycles. The molecule has 18 heavy (non-hydrogen) atoms. The molecule has 1 atom stereocenters. The minimum absolute atomic E-state index is 0.110. The van der Waals surface area contributed by atoms with Crippen LogP contribution in [0.25, 0.3) is 0 Å². The van der Waals surface area contributed by atoms with Crippen molar-refractivity contribution in [1.82, 2.24) is 10.2 Å². The van der Waals surface area contributed by atoms with Crippen LogP contribution < -0.4 is 5.32 Å². The van der Waals surface area contributed by atoms with E-state index in [9.17, 15) is 4.79 Å². The highest BCUT2D eigenvalue weighted by Gasteiger charge is 2.13. The summed E-state index contributed by atoms with van der Waals surface area (Å²) in [6.07, 6.45) is 1.46. The van der Waals surface area contributed by atoms with Crippen molar-refractivity contribution >= 4 is 5.91 Å². The topological polar surface area (TPSA) is 32.3 Å². The molecule has 1 rings (SSSR count). The van der Waals surface area contributed by atoms with Crippen LogP contribution in [-0.4, -0.2) is 31.4 Å². The van der Waals surface area contributed by atoms with E-state index in [1.165, 1.54) is 11.1 Å². The summed E-state index contributed by atoms with van der Waals surface area (Å²) in [6, 6.07) is 8.50. The Bertz CT molecular complexity index is 371. The molecule has 0 heterocycles. The Kier molecular flexibility index (Phi) is 5.86. The van der Waals surface area contributed by atoms with Crippen LogP contribution in [-0.2, 0) is 4.79 Å². The Balaban J connectivity index is 2.75. The van der Waals surface area contributed by atoms with Crippen molar-refractivity contribution in [1.29, 1.82) is 0 Å². The molecule has 100 valence electrons. The molecule has 0 saturated heterocycles. The normalized spacial score (nSPS) is 12.5. The number of nitrogens with one attached hydrogen (secondary N) is 1. The van der Waals surface area contributed by atoms with E-state index in [-0.39, 0.29) is 11.9 Å². The molecular weight excluding hydrogens is 224 g/mol. The molecule has 1 amide bonds. The first-order chi connectivity index (χ1) is 8.52. The number of nitrogens with zero attached hydrogens (tertiary/aromatic N) is 1. The first-order valence-electron chi connectivity index (χ1n) is 6.53. The minimum atomic E-state index is 0.110. The summed E-state index contributed by atoms with van der Waals surface area (Å²) in [6.45, 7) is 4.92. The highest BCUT2D eigenvalue weighted by atomic mass is 16.1. The maximum absolute atomic E-state index is 11.6. The standard InChI is InChI=1S/C15H24N2O/c1-5-15(18)16-14(10-11-17(3)4)13-8-6-12(2)7-9-13/h6-9,14H,5,10-11H2,1-4H3,(H,16,18). The van der Waals surface area contributed by atoms with E-state index in [0.717, 1.165) is 13.0 Å². The van der Waals surface area contributed by atoms with Gasteiger partial charge in [0.15, 0.2) is 0 Å². The minimum Gasteiger partial charge on any atom is -0.349 e. The van der Waals surface area contributed by atoms with Crippen molar-refractivity contribution in [3.8, 4) is 0 Å².